The van der Waals surface area contributed by atoms with E-state index in [0.29, 0.717) is 12.5 Å². The molecule has 1 fully saturated rings. The van der Waals surface area contributed by atoms with Gasteiger partial charge in [0, 0.05) is 23.8 Å². The normalized spacial score (nSPS) is 17.8. The van der Waals surface area contributed by atoms with Crippen molar-refractivity contribution in [3.8, 4) is 0 Å². The lowest BCUT2D eigenvalue weighted by Crippen LogP contribution is -2.36. The Balaban J connectivity index is 1.70. The van der Waals surface area contributed by atoms with Gasteiger partial charge in [-0.1, -0.05) is 19.3 Å². The van der Waals surface area contributed by atoms with E-state index in [1.807, 2.05) is 24.4 Å². The SMILES string of the molecule is NCC(C(=O)Nc1ccc2cnsc2c1)C1CCCCC1. The van der Waals surface area contributed by atoms with Crippen LogP contribution in [-0.4, -0.2) is 16.8 Å². The van der Waals surface area contributed by atoms with E-state index in [1.165, 1.54) is 30.8 Å². The molecule has 0 bridgehead atoms. The molecule has 1 unspecified atom stereocenters. The highest BCUT2D eigenvalue weighted by Crippen LogP contribution is 2.30. The van der Waals surface area contributed by atoms with Crippen LogP contribution in [-0.2, 0) is 4.79 Å². The summed E-state index contributed by atoms with van der Waals surface area (Å²) in [6.07, 6.45) is 7.84. The fourth-order valence-electron chi connectivity index (χ4n) is 3.22. The molecule has 21 heavy (non-hydrogen) atoms. The highest BCUT2D eigenvalue weighted by atomic mass is 32.1. The van der Waals surface area contributed by atoms with Gasteiger partial charge in [-0.05, 0) is 48.5 Å². The standard InChI is InChI=1S/C16H21N3OS/c17-9-14(11-4-2-1-3-5-11)16(20)19-13-7-6-12-10-18-21-15(12)8-13/h6-8,10-11,14H,1-5,9,17H2,(H,19,20). The third-order valence-corrected chi connectivity index (χ3v) is 5.19. The van der Waals surface area contributed by atoms with Crippen molar-refractivity contribution in [2.24, 2.45) is 17.6 Å². The smallest absolute Gasteiger partial charge is 0.229 e. The largest absolute Gasteiger partial charge is 0.330 e. The van der Waals surface area contributed by atoms with Crippen LogP contribution in [0.25, 0.3) is 10.1 Å². The van der Waals surface area contributed by atoms with Gasteiger partial charge in [-0.3, -0.25) is 4.79 Å². The van der Waals surface area contributed by atoms with Gasteiger partial charge in [0.15, 0.2) is 0 Å². The molecule has 1 aromatic carbocycles. The van der Waals surface area contributed by atoms with E-state index in [2.05, 4.69) is 9.69 Å². The van der Waals surface area contributed by atoms with Gasteiger partial charge in [0.2, 0.25) is 5.91 Å². The Kier molecular flexibility index (Phi) is 4.51. The zero-order valence-corrected chi connectivity index (χ0v) is 12.9. The lowest BCUT2D eigenvalue weighted by molar-refractivity contribution is -0.121. The van der Waals surface area contributed by atoms with Gasteiger partial charge in [0.1, 0.15) is 0 Å². The number of fused-ring (bicyclic) bond motifs is 1. The first kappa shape index (κ1) is 14.5. The highest BCUT2D eigenvalue weighted by molar-refractivity contribution is 7.13. The maximum absolute atomic E-state index is 12.5. The Morgan fingerprint density at radius 3 is 2.95 bits per heavy atom. The zero-order valence-electron chi connectivity index (χ0n) is 12.0. The number of rotatable bonds is 4. The molecular formula is C16H21N3OS. The topological polar surface area (TPSA) is 68.0 Å². The summed E-state index contributed by atoms with van der Waals surface area (Å²) in [6.45, 7) is 0.430. The van der Waals surface area contributed by atoms with Gasteiger partial charge < -0.3 is 11.1 Å². The number of anilines is 1. The Hall–Kier alpha value is -1.46. The summed E-state index contributed by atoms with van der Waals surface area (Å²) in [4.78, 5) is 12.5. The van der Waals surface area contributed by atoms with Crippen molar-refractivity contribution in [3.05, 3.63) is 24.4 Å². The highest BCUT2D eigenvalue weighted by Gasteiger charge is 2.28. The molecule has 0 aliphatic heterocycles. The molecule has 5 heteroatoms. The molecule has 1 aliphatic carbocycles. The molecule has 1 aromatic heterocycles. The average Bonchev–Trinajstić information content (AvgIpc) is 2.96. The summed E-state index contributed by atoms with van der Waals surface area (Å²) in [6, 6.07) is 5.91. The molecule has 1 heterocycles. The lowest BCUT2D eigenvalue weighted by atomic mass is 9.79. The van der Waals surface area contributed by atoms with Gasteiger partial charge in [-0.15, -0.1) is 0 Å². The minimum absolute atomic E-state index is 0.0632. The van der Waals surface area contributed by atoms with E-state index >= 15 is 0 Å². The Bertz CT molecular complexity index is 619. The van der Waals surface area contributed by atoms with Crippen LogP contribution in [0.15, 0.2) is 24.4 Å². The van der Waals surface area contributed by atoms with Gasteiger partial charge in [-0.2, -0.15) is 4.37 Å². The Labute approximate surface area is 128 Å². The number of carbonyl (C=O) groups is 1. The van der Waals surface area contributed by atoms with Gasteiger partial charge >= 0.3 is 0 Å². The second-order valence-corrected chi connectivity index (χ2v) is 6.64. The fraction of sp³-hybridized carbons (Fsp3) is 0.500. The van der Waals surface area contributed by atoms with Gasteiger partial charge in [-0.25, -0.2) is 0 Å². The summed E-state index contributed by atoms with van der Waals surface area (Å²) in [5.74, 6) is 0.437. The molecular weight excluding hydrogens is 282 g/mol. The number of aromatic nitrogens is 1. The Morgan fingerprint density at radius 1 is 1.38 bits per heavy atom. The fourth-order valence-corrected chi connectivity index (χ4v) is 3.91. The number of hydrogen-bond donors (Lipinski definition) is 2. The van der Waals surface area contributed by atoms with Crippen molar-refractivity contribution in [2.75, 3.05) is 11.9 Å². The summed E-state index contributed by atoms with van der Waals surface area (Å²) in [5, 5.41) is 4.14. The van der Waals surface area contributed by atoms with E-state index < -0.39 is 0 Å². The average molecular weight is 303 g/mol. The van der Waals surface area contributed by atoms with Gasteiger partial charge in [0.25, 0.3) is 0 Å². The molecule has 1 atom stereocenters. The van der Waals surface area contributed by atoms with Crippen molar-refractivity contribution >= 4 is 33.2 Å². The number of nitrogens with two attached hydrogens (primary N) is 1. The van der Waals surface area contributed by atoms with Crippen molar-refractivity contribution in [1.82, 2.24) is 4.37 Å². The number of nitrogens with one attached hydrogen (secondary N) is 1. The number of nitrogens with zero attached hydrogens (tertiary/aromatic N) is 1. The zero-order chi connectivity index (χ0) is 14.7. The van der Waals surface area contributed by atoms with Crippen LogP contribution < -0.4 is 11.1 Å². The van der Waals surface area contributed by atoms with Crippen molar-refractivity contribution < 1.29 is 4.79 Å². The molecule has 1 saturated carbocycles. The van der Waals surface area contributed by atoms with Crippen LogP contribution in [0, 0.1) is 11.8 Å². The van der Waals surface area contributed by atoms with Crippen molar-refractivity contribution in [3.63, 3.8) is 0 Å². The van der Waals surface area contributed by atoms with E-state index in [1.54, 1.807) is 0 Å². The predicted octanol–water partition coefficient (Wildman–Crippen LogP) is 3.39. The molecule has 112 valence electrons. The van der Waals surface area contributed by atoms with E-state index in [9.17, 15) is 4.79 Å². The van der Waals surface area contributed by atoms with Crippen LogP contribution in [0.1, 0.15) is 32.1 Å². The molecule has 4 nitrogen and oxygen atoms in total. The van der Waals surface area contributed by atoms with E-state index in [4.69, 9.17) is 5.73 Å². The number of amides is 1. The van der Waals surface area contributed by atoms with E-state index in [-0.39, 0.29) is 11.8 Å². The second-order valence-electron chi connectivity index (χ2n) is 5.81. The Morgan fingerprint density at radius 2 is 2.19 bits per heavy atom. The van der Waals surface area contributed by atoms with Crippen LogP contribution in [0.3, 0.4) is 0 Å². The first-order chi connectivity index (χ1) is 10.3. The molecule has 2 aromatic rings. The van der Waals surface area contributed by atoms with Crippen LogP contribution in [0.4, 0.5) is 5.69 Å². The summed E-state index contributed by atoms with van der Waals surface area (Å²) in [7, 11) is 0. The molecule has 1 aliphatic rings. The van der Waals surface area contributed by atoms with Crippen LogP contribution in [0.5, 0.6) is 0 Å². The first-order valence-electron chi connectivity index (χ1n) is 7.63. The quantitative estimate of drug-likeness (QED) is 0.909. The summed E-state index contributed by atoms with van der Waals surface area (Å²) in [5.41, 5.74) is 6.70. The van der Waals surface area contributed by atoms with Crippen molar-refractivity contribution in [1.29, 1.82) is 0 Å². The number of benzene rings is 1. The molecule has 0 saturated heterocycles. The molecule has 3 N–H and O–H groups in total. The second kappa shape index (κ2) is 6.54. The maximum atomic E-state index is 12.5. The van der Waals surface area contributed by atoms with E-state index in [0.717, 1.165) is 28.6 Å². The molecule has 0 radical (unpaired) electrons. The summed E-state index contributed by atoms with van der Waals surface area (Å²) < 4.78 is 5.25. The predicted molar refractivity (Wildman–Crippen MR) is 87.4 cm³/mol. The van der Waals surface area contributed by atoms with Crippen molar-refractivity contribution in [2.45, 2.75) is 32.1 Å². The lowest BCUT2D eigenvalue weighted by Gasteiger charge is -2.28. The minimum Gasteiger partial charge on any atom is -0.330 e. The molecule has 3 rings (SSSR count). The molecule has 1 amide bonds. The van der Waals surface area contributed by atoms with Gasteiger partial charge in [0.05, 0.1) is 10.6 Å². The minimum atomic E-state index is -0.0672. The maximum Gasteiger partial charge on any atom is 0.229 e. The molecule has 0 spiro atoms. The van der Waals surface area contributed by atoms with Crippen LogP contribution in [0.2, 0.25) is 0 Å². The van der Waals surface area contributed by atoms with Crippen LogP contribution >= 0.6 is 11.5 Å². The third-order valence-electron chi connectivity index (χ3n) is 4.43. The number of hydrogen-bond acceptors (Lipinski definition) is 4. The summed E-state index contributed by atoms with van der Waals surface area (Å²) >= 11 is 1.44. The number of carbonyl (C=O) groups excluding carboxylic acids is 1. The third kappa shape index (κ3) is 3.24. The monoisotopic (exact) mass is 303 g/mol. The first-order valence-corrected chi connectivity index (χ1v) is 8.40.